The van der Waals surface area contributed by atoms with Gasteiger partial charge in [-0.1, -0.05) is 129 Å². The Morgan fingerprint density at radius 2 is 1.33 bits per heavy atom. The topological polar surface area (TPSA) is 26.0 Å². The summed E-state index contributed by atoms with van der Waals surface area (Å²) in [6.07, 6.45) is 12.6. The lowest BCUT2D eigenvalue weighted by molar-refractivity contribution is 0.294. The van der Waals surface area contributed by atoms with Gasteiger partial charge in [0.2, 0.25) is 0 Å². The van der Waals surface area contributed by atoms with Crippen LogP contribution in [0, 0.1) is 32.6 Å². The first kappa shape index (κ1) is 38.8. The average molecular weight is 568 g/mol. The Morgan fingerprint density at radius 1 is 0.810 bits per heavy atom. The highest BCUT2D eigenvalue weighted by atomic mass is 14.4. The fourth-order valence-electron chi connectivity index (χ4n) is 5.60. The summed E-state index contributed by atoms with van der Waals surface area (Å²) in [6, 6.07) is 26.0. The predicted molar refractivity (Wildman–Crippen MR) is 192 cm³/mol. The van der Waals surface area contributed by atoms with Gasteiger partial charge in [0.1, 0.15) is 0 Å². The number of aryl methyl sites for hydroxylation is 3. The van der Waals surface area contributed by atoms with Gasteiger partial charge in [0.25, 0.3) is 0 Å². The molecule has 1 atom stereocenters. The minimum atomic E-state index is 0.359. The lowest BCUT2D eigenvalue weighted by Crippen LogP contribution is -2.14. The molecule has 0 saturated heterocycles. The van der Waals surface area contributed by atoms with Crippen LogP contribution in [-0.2, 0) is 0 Å². The van der Waals surface area contributed by atoms with E-state index in [9.17, 15) is 0 Å². The van der Waals surface area contributed by atoms with Crippen molar-refractivity contribution < 1.29 is 0 Å². The van der Waals surface area contributed by atoms with Crippen LogP contribution in [0.25, 0.3) is 11.1 Å². The summed E-state index contributed by atoms with van der Waals surface area (Å²) < 4.78 is 0. The fraction of sp³-hybridized carbons (Fsp3) is 0.415. The molecule has 0 heterocycles. The third kappa shape index (κ3) is 13.2. The zero-order chi connectivity index (χ0) is 31.9. The maximum absolute atomic E-state index is 4.50. The molecule has 1 unspecified atom stereocenters. The Balaban J connectivity index is 0.00000101. The van der Waals surface area contributed by atoms with Crippen molar-refractivity contribution in [2.24, 2.45) is 17.6 Å². The van der Waals surface area contributed by atoms with E-state index >= 15 is 0 Å². The number of nitrogens with two attached hydrogens (primary N) is 1. The van der Waals surface area contributed by atoms with Gasteiger partial charge in [-0.25, -0.2) is 0 Å². The second-order valence-electron chi connectivity index (χ2n) is 10.7. The monoisotopic (exact) mass is 567 g/mol. The van der Waals surface area contributed by atoms with Crippen LogP contribution >= 0.6 is 0 Å². The molecule has 0 aliphatic heterocycles. The highest BCUT2D eigenvalue weighted by Crippen LogP contribution is 2.37. The highest BCUT2D eigenvalue weighted by molar-refractivity contribution is 5.71. The molecule has 1 fully saturated rings. The van der Waals surface area contributed by atoms with Crippen LogP contribution in [0.1, 0.15) is 94.4 Å². The molecule has 1 heteroatoms. The first-order chi connectivity index (χ1) is 20.4. The molecule has 1 aliphatic carbocycles. The van der Waals surface area contributed by atoms with Crippen LogP contribution in [0.4, 0.5) is 0 Å². The predicted octanol–water partition coefficient (Wildman–Crippen LogP) is 12.2. The zero-order valence-corrected chi connectivity index (χ0v) is 28.3. The van der Waals surface area contributed by atoms with Crippen molar-refractivity contribution in [3.63, 3.8) is 0 Å². The van der Waals surface area contributed by atoms with Gasteiger partial charge in [-0.05, 0) is 101 Å². The fourth-order valence-corrected chi connectivity index (χ4v) is 5.60. The van der Waals surface area contributed by atoms with E-state index in [1.807, 2.05) is 13.8 Å². The maximum atomic E-state index is 4.50. The number of rotatable bonds is 7. The molecule has 1 saturated carbocycles. The van der Waals surface area contributed by atoms with E-state index in [2.05, 4.69) is 145 Å². The van der Waals surface area contributed by atoms with Crippen molar-refractivity contribution >= 4 is 0 Å². The standard InChI is InChI=1S/C28H36.C8H10.C2H6.C2H4.CH5N/c1-5-23-16-19-25(20-17-23)21(3)15-18-24(6-2)27-13-9-10-14-28(27)26-12-8-7-11-22(26)4;1-7-4-3-5-8(2)6-7;3*1-2/h6-15,23-25H,2,5,16-20H2,1,3-4H3;3-6H,1-2H3;1-2H3;1-2H2;2H2,1H3/b21-15+;;;;. The van der Waals surface area contributed by atoms with E-state index < -0.39 is 0 Å². The van der Waals surface area contributed by atoms with Crippen LogP contribution in [0.15, 0.2) is 110 Å². The zero-order valence-electron chi connectivity index (χ0n) is 28.3. The van der Waals surface area contributed by atoms with E-state index in [4.69, 9.17) is 0 Å². The molecule has 0 amide bonds. The van der Waals surface area contributed by atoms with Crippen molar-refractivity contribution in [1.82, 2.24) is 0 Å². The lowest BCUT2D eigenvalue weighted by atomic mass is 9.77. The van der Waals surface area contributed by atoms with E-state index in [1.54, 1.807) is 5.57 Å². The summed E-state index contributed by atoms with van der Waals surface area (Å²) >= 11 is 0. The number of hydrogen-bond acceptors (Lipinski definition) is 1. The minimum Gasteiger partial charge on any atom is -0.333 e. The molecule has 0 spiro atoms. The first-order valence-electron chi connectivity index (χ1n) is 16.0. The Hall–Kier alpha value is -3.16. The van der Waals surface area contributed by atoms with Gasteiger partial charge in [-0.15, -0.1) is 19.7 Å². The lowest BCUT2D eigenvalue weighted by Gasteiger charge is -2.28. The Labute approximate surface area is 260 Å². The molecule has 3 aromatic rings. The summed E-state index contributed by atoms with van der Waals surface area (Å²) in [6.45, 7) is 25.3. The average Bonchev–Trinajstić information content (AvgIpc) is 3.05. The second kappa shape index (κ2) is 23.4. The van der Waals surface area contributed by atoms with Crippen molar-refractivity contribution in [3.05, 3.63) is 133 Å². The van der Waals surface area contributed by atoms with Crippen LogP contribution in [-0.4, -0.2) is 7.05 Å². The molecular weight excluding hydrogens is 506 g/mol. The molecule has 4 rings (SSSR count). The molecule has 3 aromatic carbocycles. The van der Waals surface area contributed by atoms with Gasteiger partial charge in [0, 0.05) is 5.92 Å². The van der Waals surface area contributed by atoms with Crippen molar-refractivity contribution in [2.45, 2.75) is 92.9 Å². The van der Waals surface area contributed by atoms with Crippen molar-refractivity contribution in [3.8, 4) is 11.1 Å². The molecule has 42 heavy (non-hydrogen) atoms. The third-order valence-corrected chi connectivity index (χ3v) is 8.02. The Kier molecular flexibility index (Phi) is 21.6. The van der Waals surface area contributed by atoms with Crippen molar-refractivity contribution in [1.29, 1.82) is 0 Å². The van der Waals surface area contributed by atoms with E-state index in [0.717, 1.165) is 18.3 Å². The van der Waals surface area contributed by atoms with E-state index in [-0.39, 0.29) is 0 Å². The molecule has 0 bridgehead atoms. The van der Waals surface area contributed by atoms with Crippen LogP contribution in [0.5, 0.6) is 0 Å². The Bertz CT molecular complexity index is 1130. The SMILES string of the molecule is C=C.C=CC(C/C=C(\C)C1CCC(CC)CC1)c1ccccc1-c1ccccc1C.CC.CN.Cc1cccc(C)c1. The summed E-state index contributed by atoms with van der Waals surface area (Å²) in [5.41, 5.74) is 14.2. The number of hydrogen-bond donors (Lipinski definition) is 1. The van der Waals surface area contributed by atoms with Gasteiger partial charge in [-0.2, -0.15) is 0 Å². The molecule has 1 aliphatic rings. The van der Waals surface area contributed by atoms with Crippen molar-refractivity contribution in [2.75, 3.05) is 7.05 Å². The second-order valence-corrected chi connectivity index (χ2v) is 10.7. The molecular formula is C41H61N. The summed E-state index contributed by atoms with van der Waals surface area (Å²) in [7, 11) is 1.50. The van der Waals surface area contributed by atoms with Gasteiger partial charge >= 0.3 is 0 Å². The minimum absolute atomic E-state index is 0.359. The smallest absolute Gasteiger partial charge is 0.00560 e. The van der Waals surface area contributed by atoms with Gasteiger partial charge in [0.05, 0.1) is 0 Å². The molecule has 0 radical (unpaired) electrons. The molecule has 1 nitrogen and oxygen atoms in total. The molecule has 230 valence electrons. The van der Waals surface area contributed by atoms with Crippen LogP contribution in [0.3, 0.4) is 0 Å². The largest absolute Gasteiger partial charge is 0.333 e. The summed E-state index contributed by atoms with van der Waals surface area (Å²) in [5.74, 6) is 2.11. The van der Waals surface area contributed by atoms with Gasteiger partial charge < -0.3 is 5.73 Å². The maximum Gasteiger partial charge on any atom is 0.00560 e. The number of allylic oxidation sites excluding steroid dienone is 3. The Morgan fingerprint density at radius 3 is 1.81 bits per heavy atom. The first-order valence-corrected chi connectivity index (χ1v) is 16.0. The van der Waals surface area contributed by atoms with E-state index in [0.29, 0.717) is 5.92 Å². The van der Waals surface area contributed by atoms with Crippen LogP contribution < -0.4 is 5.73 Å². The normalized spacial score (nSPS) is 16.4. The summed E-state index contributed by atoms with van der Waals surface area (Å²) in [4.78, 5) is 0. The molecule has 2 N–H and O–H groups in total. The summed E-state index contributed by atoms with van der Waals surface area (Å²) in [5, 5.41) is 0. The van der Waals surface area contributed by atoms with Gasteiger partial charge in [-0.3, -0.25) is 0 Å². The van der Waals surface area contributed by atoms with Crippen LogP contribution in [0.2, 0.25) is 0 Å². The van der Waals surface area contributed by atoms with Gasteiger partial charge in [0.15, 0.2) is 0 Å². The highest BCUT2D eigenvalue weighted by Gasteiger charge is 2.21. The third-order valence-electron chi connectivity index (χ3n) is 8.02. The quantitative estimate of drug-likeness (QED) is 0.282. The molecule has 0 aromatic heterocycles. The van der Waals surface area contributed by atoms with E-state index in [1.165, 1.54) is 72.5 Å². The number of benzene rings is 3.